The molecule has 0 radical (unpaired) electrons. The number of hydrogen-bond donors (Lipinski definition) is 1. The molecule has 0 amide bonds. The van der Waals surface area contributed by atoms with E-state index in [1.54, 1.807) is 0 Å². The van der Waals surface area contributed by atoms with Gasteiger partial charge in [-0.1, -0.05) is 12.1 Å². The molecule has 1 saturated heterocycles. The van der Waals surface area contributed by atoms with Crippen LogP contribution in [0.5, 0.6) is 0 Å². The molecule has 2 aliphatic rings. The van der Waals surface area contributed by atoms with Crippen LogP contribution in [0, 0.1) is 11.8 Å². The van der Waals surface area contributed by atoms with Gasteiger partial charge in [-0.15, -0.1) is 0 Å². The average Bonchev–Trinajstić information content (AvgIpc) is 2.74. The topological polar surface area (TPSA) is 24.9 Å². The molecule has 2 atom stereocenters. The van der Waals surface area contributed by atoms with Crippen LogP contribution in [0.15, 0.2) is 29.0 Å². The standard InChI is InChI=1S/C13H15BrN2/c14-13-4-2-10(7-16-13)11-3-1-9-5-6-15-8-12(9)11/h2-4,7,9,12,15H,1,5-6,8H2. The lowest BCUT2D eigenvalue weighted by molar-refractivity contribution is 0.328. The summed E-state index contributed by atoms with van der Waals surface area (Å²) in [6.45, 7) is 2.31. The van der Waals surface area contributed by atoms with Crippen LogP contribution in [0.4, 0.5) is 0 Å². The highest BCUT2D eigenvalue weighted by Gasteiger charge is 2.32. The number of aromatic nitrogens is 1. The SMILES string of the molecule is Brc1ccc(C2=CCC3CCNCC23)cn1. The van der Waals surface area contributed by atoms with Crippen LogP contribution in [0.1, 0.15) is 18.4 Å². The minimum atomic E-state index is 0.705. The van der Waals surface area contributed by atoms with Crippen molar-refractivity contribution in [2.75, 3.05) is 13.1 Å². The molecule has 0 bridgehead atoms. The van der Waals surface area contributed by atoms with Gasteiger partial charge in [0.25, 0.3) is 0 Å². The van der Waals surface area contributed by atoms with Gasteiger partial charge < -0.3 is 5.32 Å². The zero-order chi connectivity index (χ0) is 11.0. The number of piperidine rings is 1. The Morgan fingerprint density at radius 1 is 1.38 bits per heavy atom. The van der Waals surface area contributed by atoms with Crippen molar-refractivity contribution in [2.45, 2.75) is 12.8 Å². The van der Waals surface area contributed by atoms with Crippen LogP contribution >= 0.6 is 15.9 Å². The summed E-state index contributed by atoms with van der Waals surface area (Å²) >= 11 is 3.38. The first-order valence-electron chi connectivity index (χ1n) is 5.87. The van der Waals surface area contributed by atoms with Crippen LogP contribution < -0.4 is 5.32 Å². The summed E-state index contributed by atoms with van der Waals surface area (Å²) in [6.07, 6.45) is 6.95. The van der Waals surface area contributed by atoms with E-state index in [-0.39, 0.29) is 0 Å². The van der Waals surface area contributed by atoms with Crippen molar-refractivity contribution in [3.05, 3.63) is 34.6 Å². The molecule has 1 aromatic heterocycles. The number of rotatable bonds is 1. The zero-order valence-corrected chi connectivity index (χ0v) is 10.7. The molecule has 2 unspecified atom stereocenters. The first-order chi connectivity index (χ1) is 7.84. The van der Waals surface area contributed by atoms with Crippen LogP contribution in [0.25, 0.3) is 5.57 Å². The van der Waals surface area contributed by atoms with Gasteiger partial charge in [0.05, 0.1) is 0 Å². The molecule has 2 nitrogen and oxygen atoms in total. The first kappa shape index (κ1) is 10.5. The monoisotopic (exact) mass is 278 g/mol. The lowest BCUT2D eigenvalue weighted by Crippen LogP contribution is -2.34. The maximum Gasteiger partial charge on any atom is 0.106 e. The van der Waals surface area contributed by atoms with E-state index < -0.39 is 0 Å². The summed E-state index contributed by atoms with van der Waals surface area (Å²) in [5.41, 5.74) is 2.79. The fourth-order valence-corrected chi connectivity index (χ4v) is 3.10. The molecule has 84 valence electrons. The van der Waals surface area contributed by atoms with Gasteiger partial charge in [0.15, 0.2) is 0 Å². The van der Waals surface area contributed by atoms with E-state index in [4.69, 9.17) is 0 Å². The van der Waals surface area contributed by atoms with E-state index in [9.17, 15) is 0 Å². The van der Waals surface area contributed by atoms with Crippen molar-refractivity contribution in [1.29, 1.82) is 0 Å². The third-order valence-electron chi connectivity index (χ3n) is 3.73. The van der Waals surface area contributed by atoms with Gasteiger partial charge in [0, 0.05) is 12.7 Å². The summed E-state index contributed by atoms with van der Waals surface area (Å²) in [5.74, 6) is 1.57. The van der Waals surface area contributed by atoms with Gasteiger partial charge in [-0.2, -0.15) is 0 Å². The van der Waals surface area contributed by atoms with E-state index in [1.165, 1.54) is 30.5 Å². The molecule has 1 aromatic rings. The lowest BCUT2D eigenvalue weighted by atomic mass is 9.84. The molecular formula is C13H15BrN2. The minimum Gasteiger partial charge on any atom is -0.316 e. The predicted octanol–water partition coefficient (Wildman–Crippen LogP) is 2.86. The van der Waals surface area contributed by atoms with Crippen molar-refractivity contribution in [3.63, 3.8) is 0 Å². The number of halogens is 1. The Morgan fingerprint density at radius 3 is 3.12 bits per heavy atom. The highest BCUT2D eigenvalue weighted by atomic mass is 79.9. The third kappa shape index (κ3) is 1.82. The van der Waals surface area contributed by atoms with Gasteiger partial charge in [-0.3, -0.25) is 0 Å². The average molecular weight is 279 g/mol. The summed E-state index contributed by atoms with van der Waals surface area (Å²) in [6, 6.07) is 4.19. The molecule has 0 spiro atoms. The van der Waals surface area contributed by atoms with Crippen molar-refractivity contribution >= 4 is 21.5 Å². The smallest absolute Gasteiger partial charge is 0.106 e. The Kier molecular flexibility index (Phi) is 2.82. The molecule has 2 heterocycles. The van der Waals surface area contributed by atoms with Crippen molar-refractivity contribution in [3.8, 4) is 0 Å². The molecule has 0 saturated carbocycles. The first-order valence-corrected chi connectivity index (χ1v) is 6.66. The van der Waals surface area contributed by atoms with Crippen LogP contribution in [-0.4, -0.2) is 18.1 Å². The Morgan fingerprint density at radius 2 is 2.31 bits per heavy atom. The summed E-state index contributed by atoms with van der Waals surface area (Å²) in [4.78, 5) is 4.32. The van der Waals surface area contributed by atoms with Gasteiger partial charge in [0.1, 0.15) is 4.60 Å². The minimum absolute atomic E-state index is 0.705. The second-order valence-electron chi connectivity index (χ2n) is 4.62. The maximum absolute atomic E-state index is 4.32. The number of allylic oxidation sites excluding steroid dienone is 1. The number of nitrogens with zero attached hydrogens (tertiary/aromatic N) is 1. The molecule has 1 fully saturated rings. The molecule has 0 aromatic carbocycles. The summed E-state index contributed by atoms with van der Waals surface area (Å²) in [5, 5.41) is 3.50. The number of fused-ring (bicyclic) bond motifs is 1. The normalized spacial score (nSPS) is 28.7. The Balaban J connectivity index is 1.87. The fraction of sp³-hybridized carbons (Fsp3) is 0.462. The summed E-state index contributed by atoms with van der Waals surface area (Å²) in [7, 11) is 0. The molecule has 16 heavy (non-hydrogen) atoms. The highest BCUT2D eigenvalue weighted by molar-refractivity contribution is 9.10. The van der Waals surface area contributed by atoms with E-state index in [0.29, 0.717) is 5.92 Å². The van der Waals surface area contributed by atoms with Crippen molar-refractivity contribution in [1.82, 2.24) is 10.3 Å². The molecular weight excluding hydrogens is 264 g/mol. The van der Waals surface area contributed by atoms with Crippen LogP contribution in [0.2, 0.25) is 0 Å². The lowest BCUT2D eigenvalue weighted by Gasteiger charge is -2.28. The van der Waals surface area contributed by atoms with E-state index in [1.807, 2.05) is 12.3 Å². The Labute approximate surface area is 104 Å². The third-order valence-corrected chi connectivity index (χ3v) is 4.19. The number of nitrogens with one attached hydrogen (secondary N) is 1. The molecule has 1 N–H and O–H groups in total. The van der Waals surface area contributed by atoms with Crippen LogP contribution in [-0.2, 0) is 0 Å². The molecule has 3 rings (SSSR count). The molecule has 1 aliphatic heterocycles. The second kappa shape index (κ2) is 4.30. The van der Waals surface area contributed by atoms with Crippen LogP contribution in [0.3, 0.4) is 0 Å². The van der Waals surface area contributed by atoms with Gasteiger partial charge in [-0.05, 0) is 64.4 Å². The van der Waals surface area contributed by atoms with E-state index >= 15 is 0 Å². The van der Waals surface area contributed by atoms with E-state index in [2.05, 4.69) is 38.4 Å². The largest absolute Gasteiger partial charge is 0.316 e. The van der Waals surface area contributed by atoms with Gasteiger partial charge in [0.2, 0.25) is 0 Å². The predicted molar refractivity (Wildman–Crippen MR) is 69.0 cm³/mol. The summed E-state index contributed by atoms with van der Waals surface area (Å²) < 4.78 is 0.910. The quantitative estimate of drug-likeness (QED) is 0.800. The zero-order valence-electron chi connectivity index (χ0n) is 9.12. The fourth-order valence-electron chi connectivity index (χ4n) is 2.87. The van der Waals surface area contributed by atoms with Crippen molar-refractivity contribution < 1.29 is 0 Å². The second-order valence-corrected chi connectivity index (χ2v) is 5.44. The van der Waals surface area contributed by atoms with Gasteiger partial charge in [-0.25, -0.2) is 4.98 Å². The Bertz CT molecular complexity index is 410. The molecule has 1 aliphatic carbocycles. The van der Waals surface area contributed by atoms with Gasteiger partial charge >= 0.3 is 0 Å². The van der Waals surface area contributed by atoms with Crippen molar-refractivity contribution in [2.24, 2.45) is 11.8 Å². The van der Waals surface area contributed by atoms with E-state index in [0.717, 1.165) is 17.1 Å². The molecule has 3 heteroatoms. The Hall–Kier alpha value is -0.670. The number of pyridine rings is 1. The highest BCUT2D eigenvalue weighted by Crippen LogP contribution is 2.40. The number of hydrogen-bond acceptors (Lipinski definition) is 2. The maximum atomic E-state index is 4.32.